The molecule has 1 aliphatic heterocycles. The fraction of sp³-hybridized carbons (Fsp3) is 0.250. The van der Waals surface area contributed by atoms with Crippen molar-refractivity contribution < 1.29 is 14.4 Å². The molecule has 0 saturated heterocycles. The van der Waals surface area contributed by atoms with Crippen LogP contribution in [0.1, 0.15) is 40.2 Å². The SMILES string of the molecule is CC(=O)c1ccc(NC(=O)CSc2nc3sc4c(c3c(=O)n2-c2ccccc2C)CCN(C(C)=O)C4)cc1. The van der Waals surface area contributed by atoms with Crippen molar-refractivity contribution in [1.29, 1.82) is 0 Å². The number of nitrogens with one attached hydrogen (secondary N) is 1. The molecule has 0 spiro atoms. The standard InChI is InChI=1S/C28H26N4O4S2/c1-16-6-4-5-7-22(16)32-27(36)25-21-12-13-31(18(3)34)14-23(21)38-26(25)30-28(32)37-15-24(35)29-20-10-8-19(9-11-20)17(2)33/h4-11H,12-15H2,1-3H3,(H,29,35). The smallest absolute Gasteiger partial charge is 0.267 e. The lowest BCUT2D eigenvalue weighted by Crippen LogP contribution is -2.34. The molecule has 38 heavy (non-hydrogen) atoms. The van der Waals surface area contributed by atoms with Gasteiger partial charge in [-0.2, -0.15) is 0 Å². The van der Waals surface area contributed by atoms with Gasteiger partial charge in [-0.25, -0.2) is 4.98 Å². The van der Waals surface area contributed by atoms with Crippen molar-refractivity contribution in [2.24, 2.45) is 0 Å². The van der Waals surface area contributed by atoms with E-state index >= 15 is 0 Å². The summed E-state index contributed by atoms with van der Waals surface area (Å²) in [5.41, 5.74) is 3.59. The topological polar surface area (TPSA) is 101 Å². The van der Waals surface area contributed by atoms with E-state index < -0.39 is 0 Å². The molecule has 5 rings (SSSR count). The van der Waals surface area contributed by atoms with Gasteiger partial charge in [0, 0.05) is 29.6 Å². The molecule has 0 aliphatic carbocycles. The van der Waals surface area contributed by atoms with E-state index in [2.05, 4.69) is 5.32 Å². The zero-order chi connectivity index (χ0) is 27.0. The quantitative estimate of drug-likeness (QED) is 0.216. The molecule has 0 bridgehead atoms. The number of ketones is 1. The number of anilines is 1. The van der Waals surface area contributed by atoms with Gasteiger partial charge in [0.05, 0.1) is 23.4 Å². The third-order valence-corrected chi connectivity index (χ3v) is 8.60. The monoisotopic (exact) mass is 546 g/mol. The van der Waals surface area contributed by atoms with E-state index in [1.165, 1.54) is 30.0 Å². The number of aryl methyl sites for hydroxylation is 1. The normalized spacial score (nSPS) is 12.9. The average Bonchev–Trinajstić information content (AvgIpc) is 3.26. The minimum atomic E-state index is -0.251. The van der Waals surface area contributed by atoms with Gasteiger partial charge in [-0.3, -0.25) is 23.7 Å². The maximum atomic E-state index is 14.0. The minimum absolute atomic E-state index is 0.0107. The van der Waals surface area contributed by atoms with Gasteiger partial charge in [0.25, 0.3) is 5.56 Å². The number of fused-ring (bicyclic) bond motifs is 3. The lowest BCUT2D eigenvalue weighted by atomic mass is 10.1. The molecule has 194 valence electrons. The molecule has 8 nitrogen and oxygen atoms in total. The highest BCUT2D eigenvalue weighted by atomic mass is 32.2. The minimum Gasteiger partial charge on any atom is -0.337 e. The summed E-state index contributed by atoms with van der Waals surface area (Å²) >= 11 is 2.63. The number of hydrogen-bond acceptors (Lipinski definition) is 7. The molecule has 0 saturated carbocycles. The number of carbonyl (C=O) groups is 3. The van der Waals surface area contributed by atoms with E-state index in [4.69, 9.17) is 4.98 Å². The van der Waals surface area contributed by atoms with Crippen molar-refractivity contribution >= 4 is 56.6 Å². The van der Waals surface area contributed by atoms with Gasteiger partial charge in [-0.1, -0.05) is 30.0 Å². The van der Waals surface area contributed by atoms with E-state index in [0.29, 0.717) is 46.1 Å². The molecule has 1 N–H and O–H groups in total. The first-order valence-corrected chi connectivity index (χ1v) is 14.0. The molecule has 2 aromatic heterocycles. The number of thiophene rings is 1. The fourth-order valence-electron chi connectivity index (χ4n) is 4.53. The molecule has 2 amide bonds. The number of amides is 2. The highest BCUT2D eigenvalue weighted by Crippen LogP contribution is 2.34. The number of nitrogens with zero attached hydrogens (tertiary/aromatic N) is 3. The van der Waals surface area contributed by atoms with Crippen molar-refractivity contribution in [3.8, 4) is 5.69 Å². The molecule has 0 unspecified atom stereocenters. The van der Waals surface area contributed by atoms with Crippen LogP contribution in [0.3, 0.4) is 0 Å². The summed E-state index contributed by atoms with van der Waals surface area (Å²) in [5, 5.41) is 3.86. The van der Waals surface area contributed by atoms with E-state index in [9.17, 15) is 19.2 Å². The van der Waals surface area contributed by atoms with E-state index in [1.54, 1.807) is 40.7 Å². The molecule has 0 fully saturated rings. The molecule has 0 atom stereocenters. The van der Waals surface area contributed by atoms with Gasteiger partial charge >= 0.3 is 0 Å². The van der Waals surface area contributed by atoms with Gasteiger partial charge < -0.3 is 10.2 Å². The molecular weight excluding hydrogens is 520 g/mol. The second-order valence-corrected chi connectivity index (χ2v) is 11.2. The van der Waals surface area contributed by atoms with Crippen molar-refractivity contribution in [3.05, 3.63) is 80.5 Å². The summed E-state index contributed by atoms with van der Waals surface area (Å²) in [6.07, 6.45) is 0.608. The second-order valence-electron chi connectivity index (χ2n) is 9.17. The van der Waals surface area contributed by atoms with Crippen LogP contribution in [0.4, 0.5) is 5.69 Å². The maximum absolute atomic E-state index is 14.0. The van der Waals surface area contributed by atoms with Crippen LogP contribution < -0.4 is 10.9 Å². The van der Waals surface area contributed by atoms with E-state index in [1.807, 2.05) is 31.2 Å². The number of thioether (sulfide) groups is 1. The van der Waals surface area contributed by atoms with Gasteiger partial charge in [0.2, 0.25) is 11.8 Å². The lowest BCUT2D eigenvalue weighted by Gasteiger charge is -2.25. The Bertz CT molecular complexity index is 1640. The third kappa shape index (κ3) is 5.01. The highest BCUT2D eigenvalue weighted by molar-refractivity contribution is 7.99. The van der Waals surface area contributed by atoms with E-state index in [0.717, 1.165) is 21.7 Å². The van der Waals surface area contributed by atoms with Crippen molar-refractivity contribution in [3.63, 3.8) is 0 Å². The van der Waals surface area contributed by atoms with Crippen LogP contribution in [-0.4, -0.2) is 44.3 Å². The number of Topliss-reactive ketones (excluding diaryl/α,β-unsaturated/α-hetero) is 1. The van der Waals surface area contributed by atoms with Crippen LogP contribution in [0.15, 0.2) is 58.5 Å². The molecule has 0 radical (unpaired) electrons. The molecular formula is C28H26N4O4S2. The summed E-state index contributed by atoms with van der Waals surface area (Å²) in [6, 6.07) is 14.3. The van der Waals surface area contributed by atoms with Gasteiger partial charge in [0.1, 0.15) is 4.83 Å². The lowest BCUT2D eigenvalue weighted by molar-refractivity contribution is -0.129. The Labute approximate surface area is 227 Å². The Balaban J connectivity index is 1.49. The number of para-hydroxylation sites is 1. The first-order chi connectivity index (χ1) is 18.2. The first kappa shape index (κ1) is 25.9. The third-order valence-electron chi connectivity index (χ3n) is 6.55. The van der Waals surface area contributed by atoms with Gasteiger partial charge in [0.15, 0.2) is 10.9 Å². The maximum Gasteiger partial charge on any atom is 0.267 e. The fourth-order valence-corrected chi connectivity index (χ4v) is 6.61. The van der Waals surface area contributed by atoms with Crippen LogP contribution >= 0.6 is 23.1 Å². The Morgan fingerprint density at radius 2 is 1.82 bits per heavy atom. The predicted octanol–water partition coefficient (Wildman–Crippen LogP) is 4.59. The van der Waals surface area contributed by atoms with Crippen LogP contribution in [0.25, 0.3) is 15.9 Å². The average molecular weight is 547 g/mol. The van der Waals surface area contributed by atoms with Crippen molar-refractivity contribution in [2.45, 2.75) is 38.9 Å². The summed E-state index contributed by atoms with van der Waals surface area (Å²) in [6.45, 7) is 6.03. The predicted molar refractivity (Wildman–Crippen MR) is 151 cm³/mol. The number of rotatable bonds is 6. The molecule has 3 heterocycles. The van der Waals surface area contributed by atoms with Crippen LogP contribution in [0.2, 0.25) is 0 Å². The number of carbonyl (C=O) groups excluding carboxylic acids is 3. The largest absolute Gasteiger partial charge is 0.337 e. The summed E-state index contributed by atoms with van der Waals surface area (Å²) in [4.78, 5) is 58.4. The van der Waals surface area contributed by atoms with E-state index in [-0.39, 0.29) is 28.9 Å². The number of aromatic nitrogens is 2. The highest BCUT2D eigenvalue weighted by Gasteiger charge is 2.27. The van der Waals surface area contributed by atoms with Gasteiger partial charge in [-0.15, -0.1) is 11.3 Å². The zero-order valence-electron chi connectivity index (χ0n) is 21.2. The molecule has 10 heteroatoms. The number of benzene rings is 2. The molecule has 4 aromatic rings. The number of hydrogen-bond donors (Lipinski definition) is 1. The Hall–Kier alpha value is -3.76. The first-order valence-electron chi connectivity index (χ1n) is 12.2. The summed E-state index contributed by atoms with van der Waals surface area (Å²) in [7, 11) is 0. The van der Waals surface area contributed by atoms with Crippen LogP contribution in [0.5, 0.6) is 0 Å². The van der Waals surface area contributed by atoms with Crippen molar-refractivity contribution in [1.82, 2.24) is 14.5 Å². The Morgan fingerprint density at radius 1 is 1.08 bits per heavy atom. The van der Waals surface area contributed by atoms with Gasteiger partial charge in [-0.05, 0) is 61.7 Å². The van der Waals surface area contributed by atoms with Crippen molar-refractivity contribution in [2.75, 3.05) is 17.6 Å². The van der Waals surface area contributed by atoms with Crippen LogP contribution in [0, 0.1) is 6.92 Å². The Kier molecular flexibility index (Phi) is 7.18. The van der Waals surface area contributed by atoms with Crippen LogP contribution in [-0.2, 0) is 22.6 Å². The molecule has 2 aromatic carbocycles. The summed E-state index contributed by atoms with van der Waals surface area (Å²) in [5.74, 6) is -0.240. The molecule has 1 aliphatic rings. The zero-order valence-corrected chi connectivity index (χ0v) is 22.9. The Morgan fingerprint density at radius 3 is 2.50 bits per heavy atom. The second kappa shape index (κ2) is 10.5. The summed E-state index contributed by atoms with van der Waals surface area (Å²) < 4.78 is 1.60.